The van der Waals surface area contributed by atoms with Gasteiger partial charge in [0, 0.05) is 20.0 Å². The fraction of sp³-hybridized carbons (Fsp3) is 0.625. The van der Waals surface area contributed by atoms with Gasteiger partial charge < -0.3 is 14.1 Å². The van der Waals surface area contributed by atoms with E-state index in [1.54, 1.807) is 11.8 Å². The quantitative estimate of drug-likeness (QED) is 0.626. The number of morpholine rings is 1. The Morgan fingerprint density at radius 3 is 2.64 bits per heavy atom. The highest BCUT2D eigenvalue weighted by atomic mass is 16.5. The van der Waals surface area contributed by atoms with Crippen molar-refractivity contribution in [3.63, 3.8) is 0 Å². The van der Waals surface area contributed by atoms with Crippen molar-refractivity contribution in [2.75, 3.05) is 26.3 Å². The number of carbonyl (C=O) groups is 1. The minimum atomic E-state index is -0.214. The van der Waals surface area contributed by atoms with Crippen LogP contribution in [0.25, 0.3) is 0 Å². The maximum Gasteiger partial charge on any atom is 0.311 e. The molecule has 0 radical (unpaired) electrons. The molecule has 1 saturated heterocycles. The van der Waals surface area contributed by atoms with Crippen LogP contribution in [-0.4, -0.2) is 47.3 Å². The first kappa shape index (κ1) is 9.14. The minimum absolute atomic E-state index is 0.0596. The zero-order valence-electron chi connectivity index (χ0n) is 7.89. The first-order chi connectivity index (χ1) is 6.77. The monoisotopic (exact) mass is 197 g/mol. The Hall–Kier alpha value is -1.43. The first-order valence-corrected chi connectivity index (χ1v) is 4.44. The fourth-order valence-corrected chi connectivity index (χ4v) is 1.28. The van der Waals surface area contributed by atoms with Crippen molar-refractivity contribution >= 4 is 5.91 Å². The second-order valence-corrected chi connectivity index (χ2v) is 3.03. The number of amides is 1. The van der Waals surface area contributed by atoms with Crippen molar-refractivity contribution in [2.24, 2.45) is 0 Å². The summed E-state index contributed by atoms with van der Waals surface area (Å²) >= 11 is 0. The topological polar surface area (TPSA) is 68.5 Å². The van der Waals surface area contributed by atoms with Crippen molar-refractivity contribution in [1.82, 2.24) is 15.1 Å². The molecule has 1 aromatic rings. The van der Waals surface area contributed by atoms with Crippen LogP contribution in [0.4, 0.5) is 0 Å². The summed E-state index contributed by atoms with van der Waals surface area (Å²) in [5.41, 5.74) is 0. The Morgan fingerprint density at radius 2 is 2.07 bits per heavy atom. The molecule has 76 valence electrons. The molecule has 1 fully saturated rings. The lowest BCUT2D eigenvalue weighted by molar-refractivity contribution is 0.0276. The molecule has 2 rings (SSSR count). The van der Waals surface area contributed by atoms with E-state index in [2.05, 4.69) is 10.2 Å². The molecule has 6 heteroatoms. The summed E-state index contributed by atoms with van der Waals surface area (Å²) in [6.07, 6.45) is 0. The summed E-state index contributed by atoms with van der Waals surface area (Å²) in [6, 6.07) is 0. The second-order valence-electron chi connectivity index (χ2n) is 3.03. The lowest BCUT2D eigenvalue weighted by Crippen LogP contribution is -2.40. The van der Waals surface area contributed by atoms with Crippen molar-refractivity contribution in [3.05, 3.63) is 11.8 Å². The number of hydrogen-bond acceptors (Lipinski definition) is 5. The number of aromatic nitrogens is 2. The van der Waals surface area contributed by atoms with Gasteiger partial charge in [0.1, 0.15) is 0 Å². The lowest BCUT2D eigenvalue weighted by Gasteiger charge is -2.25. The van der Waals surface area contributed by atoms with E-state index in [-0.39, 0.29) is 11.8 Å². The number of ether oxygens (including phenoxy) is 1. The smallest absolute Gasteiger partial charge is 0.311 e. The third-order valence-corrected chi connectivity index (χ3v) is 2.01. The van der Waals surface area contributed by atoms with Crippen LogP contribution in [0.1, 0.15) is 16.6 Å². The predicted molar refractivity (Wildman–Crippen MR) is 45.8 cm³/mol. The first-order valence-electron chi connectivity index (χ1n) is 4.44. The largest absolute Gasteiger partial charge is 0.417 e. The van der Waals surface area contributed by atoms with Crippen LogP contribution in [0, 0.1) is 6.92 Å². The van der Waals surface area contributed by atoms with Gasteiger partial charge in [-0.2, -0.15) is 0 Å². The molecule has 1 amide bonds. The highest BCUT2D eigenvalue weighted by Crippen LogP contribution is 2.05. The highest BCUT2D eigenvalue weighted by molar-refractivity contribution is 5.89. The maximum absolute atomic E-state index is 11.7. The molecule has 1 aliphatic rings. The molecule has 0 aliphatic carbocycles. The molecular formula is C8H11N3O3. The molecule has 0 saturated carbocycles. The third-order valence-electron chi connectivity index (χ3n) is 2.01. The van der Waals surface area contributed by atoms with Gasteiger partial charge in [-0.05, 0) is 0 Å². The fourth-order valence-electron chi connectivity index (χ4n) is 1.28. The van der Waals surface area contributed by atoms with Gasteiger partial charge >= 0.3 is 11.8 Å². The summed E-state index contributed by atoms with van der Waals surface area (Å²) in [5.74, 6) is 0.250. The van der Waals surface area contributed by atoms with Gasteiger partial charge in [0.2, 0.25) is 5.89 Å². The number of rotatable bonds is 1. The Bertz CT molecular complexity index is 330. The Morgan fingerprint density at radius 1 is 1.36 bits per heavy atom. The number of nitrogens with zero attached hydrogens (tertiary/aromatic N) is 3. The van der Waals surface area contributed by atoms with Gasteiger partial charge in [-0.3, -0.25) is 4.79 Å². The number of aryl methyl sites for hydroxylation is 1. The van der Waals surface area contributed by atoms with Gasteiger partial charge in [0.05, 0.1) is 13.2 Å². The SMILES string of the molecule is Cc1nnc(C(=O)N2CCOCC2)o1. The minimum Gasteiger partial charge on any atom is -0.417 e. The van der Waals surface area contributed by atoms with Crippen molar-refractivity contribution < 1.29 is 13.9 Å². The molecule has 0 bridgehead atoms. The molecule has 1 aromatic heterocycles. The summed E-state index contributed by atoms with van der Waals surface area (Å²) in [7, 11) is 0. The van der Waals surface area contributed by atoms with Crippen molar-refractivity contribution in [1.29, 1.82) is 0 Å². The van der Waals surface area contributed by atoms with E-state index in [9.17, 15) is 4.79 Å². The lowest BCUT2D eigenvalue weighted by atomic mass is 10.4. The molecule has 0 atom stereocenters. The second kappa shape index (κ2) is 3.75. The van der Waals surface area contributed by atoms with E-state index < -0.39 is 0 Å². The van der Waals surface area contributed by atoms with Crippen LogP contribution in [0.15, 0.2) is 4.42 Å². The van der Waals surface area contributed by atoms with Gasteiger partial charge in [-0.1, -0.05) is 0 Å². The Balaban J connectivity index is 2.07. The van der Waals surface area contributed by atoms with Crippen molar-refractivity contribution in [3.8, 4) is 0 Å². The predicted octanol–water partition coefficient (Wildman–Crippen LogP) is -0.150. The van der Waals surface area contributed by atoms with E-state index >= 15 is 0 Å². The van der Waals surface area contributed by atoms with Gasteiger partial charge in [-0.15, -0.1) is 10.2 Å². The van der Waals surface area contributed by atoms with Crippen LogP contribution < -0.4 is 0 Å². The molecule has 0 unspecified atom stereocenters. The molecule has 14 heavy (non-hydrogen) atoms. The van der Waals surface area contributed by atoms with Gasteiger partial charge in [0.15, 0.2) is 0 Å². The molecule has 2 heterocycles. The summed E-state index contributed by atoms with van der Waals surface area (Å²) in [6.45, 7) is 3.96. The molecule has 6 nitrogen and oxygen atoms in total. The average Bonchev–Trinajstić information content (AvgIpc) is 2.65. The summed E-state index contributed by atoms with van der Waals surface area (Å²) in [5, 5.41) is 7.28. The van der Waals surface area contributed by atoms with Gasteiger partial charge in [-0.25, -0.2) is 0 Å². The van der Waals surface area contributed by atoms with E-state index in [0.717, 1.165) is 0 Å². The number of carbonyl (C=O) groups excluding carboxylic acids is 1. The molecule has 1 aliphatic heterocycles. The van der Waals surface area contributed by atoms with Crippen LogP contribution in [0.2, 0.25) is 0 Å². The normalized spacial score (nSPS) is 17.1. The van der Waals surface area contributed by atoms with Gasteiger partial charge in [0.25, 0.3) is 0 Å². The van der Waals surface area contributed by atoms with E-state index in [1.807, 2.05) is 0 Å². The molecule has 0 aromatic carbocycles. The van der Waals surface area contributed by atoms with Crippen LogP contribution in [-0.2, 0) is 4.74 Å². The Labute approximate surface area is 80.9 Å². The zero-order chi connectivity index (χ0) is 9.97. The van der Waals surface area contributed by atoms with Crippen LogP contribution >= 0.6 is 0 Å². The standard InChI is InChI=1S/C8H11N3O3/c1-6-9-10-7(14-6)8(12)11-2-4-13-5-3-11/h2-5H2,1H3. The molecule has 0 spiro atoms. The van der Waals surface area contributed by atoms with E-state index in [4.69, 9.17) is 9.15 Å². The van der Waals surface area contributed by atoms with Crippen LogP contribution in [0.3, 0.4) is 0 Å². The molecular weight excluding hydrogens is 186 g/mol. The maximum atomic E-state index is 11.7. The molecule has 0 N–H and O–H groups in total. The third kappa shape index (κ3) is 1.74. The average molecular weight is 197 g/mol. The van der Waals surface area contributed by atoms with E-state index in [1.165, 1.54) is 0 Å². The zero-order valence-corrected chi connectivity index (χ0v) is 7.89. The van der Waals surface area contributed by atoms with Crippen molar-refractivity contribution in [2.45, 2.75) is 6.92 Å². The van der Waals surface area contributed by atoms with Crippen LogP contribution in [0.5, 0.6) is 0 Å². The number of hydrogen-bond donors (Lipinski definition) is 0. The highest BCUT2D eigenvalue weighted by Gasteiger charge is 2.22. The van der Waals surface area contributed by atoms with E-state index in [0.29, 0.717) is 32.2 Å². The summed E-state index contributed by atoms with van der Waals surface area (Å²) < 4.78 is 10.2. The summed E-state index contributed by atoms with van der Waals surface area (Å²) in [4.78, 5) is 13.3. The Kier molecular flexibility index (Phi) is 2.45.